The molecular formula is C15H11BrO. The lowest BCUT2D eigenvalue weighted by atomic mass is 9.98. The largest absolute Gasteiger partial charge is 0.508 e. The third-order valence-corrected chi connectivity index (χ3v) is 3.66. The molecule has 0 radical (unpaired) electrons. The monoisotopic (exact) mass is 286 g/mol. The third-order valence-electron chi connectivity index (χ3n) is 3.17. The predicted molar refractivity (Wildman–Crippen MR) is 75.6 cm³/mol. The molecule has 0 saturated heterocycles. The number of phenols is 1. The number of aryl methyl sites for hydroxylation is 1. The first-order valence-electron chi connectivity index (χ1n) is 5.47. The maximum absolute atomic E-state index is 9.53. The van der Waals surface area contributed by atoms with Gasteiger partial charge in [-0.15, -0.1) is 0 Å². The molecule has 1 N–H and O–H groups in total. The second kappa shape index (κ2) is 3.74. The summed E-state index contributed by atoms with van der Waals surface area (Å²) >= 11 is 3.50. The topological polar surface area (TPSA) is 20.2 Å². The van der Waals surface area contributed by atoms with Crippen LogP contribution in [0.25, 0.3) is 21.5 Å². The molecule has 0 aromatic heterocycles. The molecule has 0 amide bonds. The van der Waals surface area contributed by atoms with Crippen molar-refractivity contribution in [2.45, 2.75) is 6.92 Å². The van der Waals surface area contributed by atoms with E-state index in [9.17, 15) is 5.11 Å². The summed E-state index contributed by atoms with van der Waals surface area (Å²) in [6.07, 6.45) is 0. The second-order valence-electron chi connectivity index (χ2n) is 4.27. The molecular weight excluding hydrogens is 276 g/mol. The molecule has 3 aromatic rings. The van der Waals surface area contributed by atoms with Gasteiger partial charge in [-0.1, -0.05) is 28.1 Å². The van der Waals surface area contributed by atoms with E-state index in [1.54, 1.807) is 6.07 Å². The Hall–Kier alpha value is -1.54. The van der Waals surface area contributed by atoms with Crippen LogP contribution in [0.3, 0.4) is 0 Å². The van der Waals surface area contributed by atoms with E-state index in [-0.39, 0.29) is 0 Å². The number of fused-ring (bicyclic) bond motifs is 2. The highest BCUT2D eigenvalue weighted by Gasteiger charge is 2.05. The lowest BCUT2D eigenvalue weighted by molar-refractivity contribution is 0.476. The summed E-state index contributed by atoms with van der Waals surface area (Å²) in [4.78, 5) is 0. The predicted octanol–water partition coefficient (Wildman–Crippen LogP) is 4.77. The molecule has 0 unspecified atom stereocenters. The fourth-order valence-corrected chi connectivity index (χ4v) is 2.66. The zero-order valence-electron chi connectivity index (χ0n) is 9.37. The molecule has 0 saturated carbocycles. The van der Waals surface area contributed by atoms with Crippen LogP contribution in [-0.4, -0.2) is 5.11 Å². The molecule has 0 aliphatic heterocycles. The molecule has 3 rings (SSSR count). The van der Waals surface area contributed by atoms with E-state index in [1.807, 2.05) is 18.2 Å². The molecule has 2 heteroatoms. The standard InChI is InChI=1S/C15H11BrO/c1-9-14-5-4-13(17)7-11(14)6-10-2-3-12(16)8-15(9)10/h2-8,17H,1H3. The zero-order valence-corrected chi connectivity index (χ0v) is 11.0. The van der Waals surface area contributed by atoms with Crippen molar-refractivity contribution in [3.8, 4) is 5.75 Å². The Balaban J connectivity index is 2.52. The van der Waals surface area contributed by atoms with E-state index in [4.69, 9.17) is 0 Å². The first-order valence-corrected chi connectivity index (χ1v) is 6.26. The maximum atomic E-state index is 9.53. The molecule has 0 spiro atoms. The molecule has 0 heterocycles. The molecule has 0 atom stereocenters. The summed E-state index contributed by atoms with van der Waals surface area (Å²) in [5, 5.41) is 14.2. The highest BCUT2D eigenvalue weighted by molar-refractivity contribution is 9.10. The lowest BCUT2D eigenvalue weighted by Crippen LogP contribution is -1.83. The normalized spacial score (nSPS) is 11.2. The van der Waals surface area contributed by atoms with Crippen molar-refractivity contribution in [1.82, 2.24) is 0 Å². The minimum absolute atomic E-state index is 0.313. The fraction of sp³-hybridized carbons (Fsp3) is 0.0667. The van der Waals surface area contributed by atoms with E-state index in [1.165, 1.54) is 21.7 Å². The Morgan fingerprint density at radius 2 is 1.71 bits per heavy atom. The lowest BCUT2D eigenvalue weighted by Gasteiger charge is -2.08. The molecule has 3 aromatic carbocycles. The van der Waals surface area contributed by atoms with E-state index < -0.39 is 0 Å². The maximum Gasteiger partial charge on any atom is 0.116 e. The number of benzene rings is 3. The van der Waals surface area contributed by atoms with Crippen molar-refractivity contribution in [1.29, 1.82) is 0 Å². The van der Waals surface area contributed by atoms with Gasteiger partial charge in [-0.2, -0.15) is 0 Å². The van der Waals surface area contributed by atoms with Gasteiger partial charge in [-0.25, -0.2) is 0 Å². The quantitative estimate of drug-likeness (QED) is 0.590. The van der Waals surface area contributed by atoms with E-state index in [0.717, 1.165) is 9.86 Å². The van der Waals surface area contributed by atoms with Crippen LogP contribution >= 0.6 is 15.9 Å². The molecule has 0 aliphatic rings. The number of phenolic OH excluding ortho intramolecular Hbond substituents is 1. The van der Waals surface area contributed by atoms with Gasteiger partial charge in [0.2, 0.25) is 0 Å². The Bertz CT molecular complexity index is 732. The number of hydrogen-bond donors (Lipinski definition) is 1. The molecule has 17 heavy (non-hydrogen) atoms. The summed E-state index contributed by atoms with van der Waals surface area (Å²) in [6.45, 7) is 2.12. The van der Waals surface area contributed by atoms with Gasteiger partial charge in [0.15, 0.2) is 0 Å². The van der Waals surface area contributed by atoms with Crippen molar-refractivity contribution < 1.29 is 5.11 Å². The highest BCUT2D eigenvalue weighted by Crippen LogP contribution is 2.31. The molecule has 1 nitrogen and oxygen atoms in total. The minimum Gasteiger partial charge on any atom is -0.508 e. The van der Waals surface area contributed by atoms with Gasteiger partial charge in [0.05, 0.1) is 0 Å². The van der Waals surface area contributed by atoms with Gasteiger partial charge in [-0.3, -0.25) is 0 Å². The number of halogens is 1. The number of hydrogen-bond acceptors (Lipinski definition) is 1. The average molecular weight is 287 g/mol. The van der Waals surface area contributed by atoms with Crippen LogP contribution in [0.2, 0.25) is 0 Å². The molecule has 84 valence electrons. The average Bonchev–Trinajstić information content (AvgIpc) is 2.30. The van der Waals surface area contributed by atoms with Gasteiger partial charge in [0.1, 0.15) is 5.75 Å². The number of rotatable bonds is 0. The van der Waals surface area contributed by atoms with E-state index in [0.29, 0.717) is 5.75 Å². The van der Waals surface area contributed by atoms with Crippen LogP contribution in [0.15, 0.2) is 46.9 Å². The molecule has 0 bridgehead atoms. The van der Waals surface area contributed by atoms with Crippen molar-refractivity contribution >= 4 is 37.5 Å². The Morgan fingerprint density at radius 3 is 2.53 bits per heavy atom. The first-order chi connectivity index (χ1) is 8.15. The smallest absolute Gasteiger partial charge is 0.116 e. The van der Waals surface area contributed by atoms with Gasteiger partial charge in [0, 0.05) is 4.47 Å². The first kappa shape index (κ1) is 10.6. The van der Waals surface area contributed by atoms with Crippen LogP contribution in [-0.2, 0) is 0 Å². The van der Waals surface area contributed by atoms with Crippen LogP contribution in [0.4, 0.5) is 0 Å². The zero-order chi connectivity index (χ0) is 12.0. The summed E-state index contributed by atoms with van der Waals surface area (Å²) in [5.41, 5.74) is 1.25. The van der Waals surface area contributed by atoms with Crippen molar-refractivity contribution in [3.63, 3.8) is 0 Å². The Morgan fingerprint density at radius 1 is 0.882 bits per heavy atom. The van der Waals surface area contributed by atoms with Crippen molar-refractivity contribution in [2.24, 2.45) is 0 Å². The van der Waals surface area contributed by atoms with Gasteiger partial charge in [-0.05, 0) is 64.4 Å². The van der Waals surface area contributed by atoms with Gasteiger partial charge >= 0.3 is 0 Å². The number of aromatic hydroxyl groups is 1. The summed E-state index contributed by atoms with van der Waals surface area (Å²) in [7, 11) is 0. The highest BCUT2D eigenvalue weighted by atomic mass is 79.9. The van der Waals surface area contributed by atoms with Crippen LogP contribution in [0.5, 0.6) is 5.75 Å². The van der Waals surface area contributed by atoms with Gasteiger partial charge in [0.25, 0.3) is 0 Å². The second-order valence-corrected chi connectivity index (χ2v) is 5.19. The molecule has 0 aliphatic carbocycles. The Labute approximate surface area is 108 Å². The van der Waals surface area contributed by atoms with Crippen LogP contribution in [0.1, 0.15) is 5.56 Å². The van der Waals surface area contributed by atoms with Crippen molar-refractivity contribution in [2.75, 3.05) is 0 Å². The Kier molecular flexibility index (Phi) is 2.33. The summed E-state index contributed by atoms with van der Waals surface area (Å²) < 4.78 is 1.09. The van der Waals surface area contributed by atoms with Gasteiger partial charge < -0.3 is 5.11 Å². The fourth-order valence-electron chi connectivity index (χ4n) is 2.30. The van der Waals surface area contributed by atoms with Crippen LogP contribution < -0.4 is 0 Å². The third kappa shape index (κ3) is 1.69. The van der Waals surface area contributed by atoms with E-state index >= 15 is 0 Å². The summed E-state index contributed by atoms with van der Waals surface area (Å²) in [6, 6.07) is 13.9. The minimum atomic E-state index is 0.313. The van der Waals surface area contributed by atoms with Crippen molar-refractivity contribution in [3.05, 3.63) is 52.5 Å². The van der Waals surface area contributed by atoms with E-state index in [2.05, 4.69) is 41.1 Å². The van der Waals surface area contributed by atoms with Crippen LogP contribution in [0, 0.1) is 6.92 Å². The summed E-state index contributed by atoms with van der Waals surface area (Å²) in [5.74, 6) is 0.313. The SMILES string of the molecule is Cc1c2ccc(O)cc2cc2ccc(Br)cc12. The molecule has 0 fully saturated rings.